The zero-order valence-corrected chi connectivity index (χ0v) is 5.47. The van der Waals surface area contributed by atoms with E-state index in [4.69, 9.17) is 20.4 Å². The fraction of sp³-hybridized carbons (Fsp3) is 1.00. The lowest BCUT2D eigenvalue weighted by Crippen LogP contribution is -2.02. The van der Waals surface area contributed by atoms with Crippen molar-refractivity contribution in [2.24, 2.45) is 23.4 Å². The van der Waals surface area contributed by atoms with Gasteiger partial charge >= 0.3 is 0 Å². The average molecular weight is 159 g/mol. The number of aliphatic hydroxyl groups is 1. The summed E-state index contributed by atoms with van der Waals surface area (Å²) >= 11 is 0. The average Bonchev–Trinajstić information content (AvgIpc) is 1.98. The maximum absolute atomic E-state index is 8.36. The first kappa shape index (κ1) is 23.0. The van der Waals surface area contributed by atoms with Gasteiger partial charge in [0.25, 0.3) is 5.09 Å². The van der Waals surface area contributed by atoms with Gasteiger partial charge in [-0.2, -0.15) is 0 Å². The van der Waals surface area contributed by atoms with Crippen LogP contribution >= 0.6 is 0 Å². The lowest BCUT2D eigenvalue weighted by atomic mass is 11.8. The van der Waals surface area contributed by atoms with Crippen molar-refractivity contribution in [3.05, 3.63) is 10.1 Å². The van der Waals surface area contributed by atoms with Gasteiger partial charge < -0.3 is 10.3 Å². The molecule has 0 amide bonds. The fourth-order valence-corrected chi connectivity index (χ4v) is 0. The highest BCUT2D eigenvalue weighted by atomic mass is 16.9. The Bertz CT molecular complexity index is 36.6. The van der Waals surface area contributed by atoms with Crippen molar-refractivity contribution in [2.45, 2.75) is 0 Å². The van der Waals surface area contributed by atoms with Crippen LogP contribution in [0.2, 0.25) is 0 Å². The monoisotopic (exact) mass is 159 g/mol. The number of aliphatic hydroxyl groups excluding tert-OH is 1. The number of hydrazine groups is 2. The molecule has 0 aromatic carbocycles. The fourth-order valence-electron chi connectivity index (χ4n) is 0. The molecule has 0 rings (SSSR count). The minimum absolute atomic E-state index is 1.00. The Labute approximate surface area is 57.3 Å². The van der Waals surface area contributed by atoms with E-state index in [-0.39, 0.29) is 0 Å². The first-order valence-electron chi connectivity index (χ1n) is 1.68. The number of rotatable bonds is 0. The van der Waals surface area contributed by atoms with Gasteiger partial charge in [-0.25, -0.2) is 0 Å². The summed E-state index contributed by atoms with van der Waals surface area (Å²) in [6, 6.07) is 0. The van der Waals surface area contributed by atoms with Crippen molar-refractivity contribution >= 4 is 0 Å². The molecule has 9 heteroatoms. The van der Waals surface area contributed by atoms with Gasteiger partial charge in [-0.1, -0.05) is 0 Å². The third kappa shape index (κ3) is 252. The van der Waals surface area contributed by atoms with Gasteiger partial charge in [-0.15, -0.1) is 10.1 Å². The smallest absolute Gasteiger partial charge is 0.291 e. The zero-order valence-electron chi connectivity index (χ0n) is 5.47. The molecule has 0 radical (unpaired) electrons. The van der Waals surface area contributed by atoms with Crippen molar-refractivity contribution in [1.82, 2.24) is 0 Å². The van der Waals surface area contributed by atoms with Gasteiger partial charge in [-0.3, -0.25) is 23.4 Å². The largest absolute Gasteiger partial charge is 0.400 e. The van der Waals surface area contributed by atoms with Gasteiger partial charge in [0, 0.05) is 7.11 Å². The molecule has 0 spiro atoms. The molecule has 0 aliphatic carbocycles. The highest BCUT2D eigenvalue weighted by Crippen LogP contribution is 1.38. The van der Waals surface area contributed by atoms with Crippen LogP contribution in [-0.4, -0.2) is 22.5 Å². The third-order valence-electron chi connectivity index (χ3n) is 0. The van der Waals surface area contributed by atoms with Crippen LogP contribution in [0.1, 0.15) is 0 Å². The molecule has 9 nitrogen and oxygen atoms in total. The molecule has 0 aliphatic heterocycles. The second-order valence-electron chi connectivity index (χ2n) is 0.238. The molecule has 0 aliphatic rings. The van der Waals surface area contributed by atoms with Crippen LogP contribution in [0.5, 0.6) is 0 Å². The third-order valence-corrected chi connectivity index (χ3v) is 0. The van der Waals surface area contributed by atoms with Crippen LogP contribution in [0.4, 0.5) is 0 Å². The normalized spacial score (nSPS) is 4.20. The number of nitrogens with zero attached hydrogens (tertiary/aromatic N) is 1. The molecule has 0 aromatic heterocycles. The van der Waals surface area contributed by atoms with E-state index in [0.29, 0.717) is 0 Å². The standard InChI is InChI=1S/CH4O.2H4N2.HNO3/c3*1-2;2-1(3)4/h2H,1H3;2*1-2H2;(H,2,3,4). The van der Waals surface area contributed by atoms with Crippen molar-refractivity contribution in [3.63, 3.8) is 0 Å². The molecule has 0 bridgehead atoms. The second-order valence-corrected chi connectivity index (χ2v) is 0.238. The summed E-state index contributed by atoms with van der Waals surface area (Å²) < 4.78 is 0. The highest BCUT2D eigenvalue weighted by Gasteiger charge is 1.65. The van der Waals surface area contributed by atoms with Crippen LogP contribution in [0.3, 0.4) is 0 Å². The van der Waals surface area contributed by atoms with Gasteiger partial charge in [0.1, 0.15) is 0 Å². The number of hydrogen-bond acceptors (Lipinski definition) is 7. The first-order valence-corrected chi connectivity index (χ1v) is 1.68. The van der Waals surface area contributed by atoms with Crippen LogP contribution in [0.15, 0.2) is 0 Å². The minimum Gasteiger partial charge on any atom is -0.400 e. The lowest BCUT2D eigenvalue weighted by Gasteiger charge is -1.56. The summed E-state index contributed by atoms with van der Waals surface area (Å²) in [5.74, 6) is 16.0. The Morgan fingerprint density at radius 3 is 1.20 bits per heavy atom. The maximum atomic E-state index is 8.36. The van der Waals surface area contributed by atoms with E-state index in [1.807, 2.05) is 0 Å². The lowest BCUT2D eigenvalue weighted by molar-refractivity contribution is -0.742. The molecular formula is CH13N5O4. The molecule has 10 N–H and O–H groups in total. The second kappa shape index (κ2) is 98.0. The quantitative estimate of drug-likeness (QED) is 0.122. The molecule has 0 saturated carbocycles. The van der Waals surface area contributed by atoms with Gasteiger partial charge in [0.15, 0.2) is 0 Å². The van der Waals surface area contributed by atoms with Gasteiger partial charge in [-0.05, 0) is 0 Å². The van der Waals surface area contributed by atoms with Gasteiger partial charge in [0.05, 0.1) is 0 Å². The van der Waals surface area contributed by atoms with Crippen LogP contribution < -0.4 is 23.4 Å². The Morgan fingerprint density at radius 2 is 1.20 bits per heavy atom. The van der Waals surface area contributed by atoms with E-state index in [9.17, 15) is 0 Å². The summed E-state index contributed by atoms with van der Waals surface area (Å²) in [5.41, 5.74) is 0. The van der Waals surface area contributed by atoms with E-state index in [1.165, 1.54) is 0 Å². The molecular weight excluding hydrogens is 146 g/mol. The predicted molar refractivity (Wildman–Crippen MR) is 33.7 cm³/mol. The Kier molecular flexibility index (Phi) is 226. The van der Waals surface area contributed by atoms with Crippen molar-refractivity contribution < 1.29 is 15.4 Å². The van der Waals surface area contributed by atoms with Crippen molar-refractivity contribution in [2.75, 3.05) is 7.11 Å². The predicted octanol–water partition coefficient (Wildman–Crippen LogP) is -3.10. The minimum atomic E-state index is -1.50. The van der Waals surface area contributed by atoms with E-state index >= 15 is 0 Å². The highest BCUT2D eigenvalue weighted by molar-refractivity contribution is 3.83. The molecule has 0 aromatic rings. The molecule has 0 unspecified atom stereocenters. The van der Waals surface area contributed by atoms with Crippen molar-refractivity contribution in [3.8, 4) is 0 Å². The van der Waals surface area contributed by atoms with Crippen LogP contribution in [0.25, 0.3) is 0 Å². The van der Waals surface area contributed by atoms with Crippen LogP contribution in [-0.2, 0) is 0 Å². The maximum Gasteiger partial charge on any atom is 0.291 e. The Balaban J connectivity index is -0.0000000262. The van der Waals surface area contributed by atoms with Crippen molar-refractivity contribution in [1.29, 1.82) is 0 Å². The van der Waals surface area contributed by atoms with Crippen LogP contribution in [0, 0.1) is 10.1 Å². The topological polar surface area (TPSA) is 188 Å². The van der Waals surface area contributed by atoms with E-state index in [1.54, 1.807) is 0 Å². The van der Waals surface area contributed by atoms with E-state index < -0.39 is 5.09 Å². The molecule has 0 fully saturated rings. The molecule has 0 atom stereocenters. The van der Waals surface area contributed by atoms with E-state index in [0.717, 1.165) is 7.11 Å². The van der Waals surface area contributed by atoms with E-state index in [2.05, 4.69) is 23.4 Å². The summed E-state index contributed by atoms with van der Waals surface area (Å²) in [4.78, 5) is 8.36. The zero-order chi connectivity index (χ0) is 9.58. The molecule has 10 heavy (non-hydrogen) atoms. The molecule has 66 valence electrons. The summed E-state index contributed by atoms with van der Waals surface area (Å²) in [6.07, 6.45) is 0. The molecule has 0 saturated heterocycles. The first-order chi connectivity index (χ1) is 4.73. The Morgan fingerprint density at radius 1 is 1.20 bits per heavy atom. The number of hydrogen-bond donors (Lipinski definition) is 6. The van der Waals surface area contributed by atoms with Gasteiger partial charge in [0.2, 0.25) is 0 Å². The summed E-state index contributed by atoms with van der Waals surface area (Å²) in [6.45, 7) is 0. The Hall–Kier alpha value is -1.00. The summed E-state index contributed by atoms with van der Waals surface area (Å²) in [7, 11) is 1.00. The summed E-state index contributed by atoms with van der Waals surface area (Å²) in [5, 5.41) is 20.6. The number of nitrogens with two attached hydrogens (primary N) is 4. The SMILES string of the molecule is CO.NN.NN.O=[N+]([O-])O. The molecule has 0 heterocycles.